The summed E-state index contributed by atoms with van der Waals surface area (Å²) in [5.74, 6) is -0.613. The van der Waals surface area contributed by atoms with E-state index in [0.29, 0.717) is 44.5 Å². The first kappa shape index (κ1) is 17.8. The highest BCUT2D eigenvalue weighted by Gasteiger charge is 2.40. The third kappa shape index (κ3) is 2.83. The standard InChI is InChI=1S/C20H21N3O4S/c1-13-18-17(14-4-2-3-5-15(14)28-18)19(25)23(21-13)12-16(24)22-8-6-20(7-9-22)26-10-11-27-20/h2-5H,6-12H2,1H3. The smallest absolute Gasteiger partial charge is 0.276 e. The van der Waals surface area contributed by atoms with Crippen LogP contribution in [0, 0.1) is 6.92 Å². The van der Waals surface area contributed by atoms with Gasteiger partial charge in [-0.1, -0.05) is 18.2 Å². The zero-order chi connectivity index (χ0) is 19.3. The van der Waals surface area contributed by atoms with Crippen molar-refractivity contribution in [2.75, 3.05) is 26.3 Å². The molecule has 0 N–H and O–H groups in total. The van der Waals surface area contributed by atoms with E-state index in [1.54, 1.807) is 16.2 Å². The number of carbonyl (C=O) groups excluding carboxylic acids is 1. The van der Waals surface area contributed by atoms with Gasteiger partial charge in [-0.2, -0.15) is 5.10 Å². The van der Waals surface area contributed by atoms with Crippen LogP contribution in [-0.2, 0) is 20.8 Å². The van der Waals surface area contributed by atoms with Gasteiger partial charge in [-0.3, -0.25) is 9.59 Å². The van der Waals surface area contributed by atoms with Crippen molar-refractivity contribution in [2.24, 2.45) is 0 Å². The molecule has 2 fully saturated rings. The number of aromatic nitrogens is 2. The molecular formula is C20H21N3O4S. The Hall–Kier alpha value is -2.29. The number of hydrogen-bond donors (Lipinski definition) is 0. The van der Waals surface area contributed by atoms with Crippen LogP contribution in [0.15, 0.2) is 29.1 Å². The summed E-state index contributed by atoms with van der Waals surface area (Å²) in [6.07, 6.45) is 1.32. The van der Waals surface area contributed by atoms with Gasteiger partial charge < -0.3 is 14.4 Å². The van der Waals surface area contributed by atoms with E-state index < -0.39 is 5.79 Å². The SMILES string of the molecule is Cc1nn(CC(=O)N2CCC3(CC2)OCCO3)c(=O)c2c1sc1ccccc12. The minimum Gasteiger partial charge on any atom is -0.347 e. The molecule has 5 rings (SSSR count). The quantitative estimate of drug-likeness (QED) is 0.661. The first-order chi connectivity index (χ1) is 13.6. The number of fused-ring (bicyclic) bond motifs is 3. The molecule has 7 nitrogen and oxygen atoms in total. The fraction of sp³-hybridized carbons (Fsp3) is 0.450. The molecule has 0 saturated carbocycles. The topological polar surface area (TPSA) is 73.7 Å². The van der Waals surface area contributed by atoms with Crippen LogP contribution >= 0.6 is 11.3 Å². The summed E-state index contributed by atoms with van der Waals surface area (Å²) in [4.78, 5) is 27.7. The van der Waals surface area contributed by atoms with Crippen LogP contribution in [0.25, 0.3) is 20.2 Å². The molecule has 2 aliphatic rings. The van der Waals surface area contributed by atoms with Crippen LogP contribution in [-0.4, -0.2) is 52.7 Å². The lowest BCUT2D eigenvalue weighted by Crippen LogP contribution is -2.48. The first-order valence-corrected chi connectivity index (χ1v) is 10.3. The van der Waals surface area contributed by atoms with Gasteiger partial charge in [0.25, 0.3) is 5.56 Å². The van der Waals surface area contributed by atoms with Crippen LogP contribution < -0.4 is 5.56 Å². The maximum Gasteiger partial charge on any atom is 0.276 e. The summed E-state index contributed by atoms with van der Waals surface area (Å²) in [6.45, 7) is 4.20. The maximum absolute atomic E-state index is 13.1. The fourth-order valence-corrected chi connectivity index (χ4v) is 5.27. The van der Waals surface area contributed by atoms with Crippen molar-refractivity contribution in [3.63, 3.8) is 0 Å². The molecule has 1 aromatic carbocycles. The number of piperidine rings is 1. The van der Waals surface area contributed by atoms with Crippen LogP contribution in [0.3, 0.4) is 0 Å². The van der Waals surface area contributed by atoms with Gasteiger partial charge in [0.05, 0.1) is 29.0 Å². The summed E-state index contributed by atoms with van der Waals surface area (Å²) in [7, 11) is 0. The summed E-state index contributed by atoms with van der Waals surface area (Å²) < 4.78 is 14.7. The number of amides is 1. The van der Waals surface area contributed by atoms with Crippen LogP contribution in [0.5, 0.6) is 0 Å². The predicted octanol–water partition coefficient (Wildman–Crippen LogP) is 2.29. The highest BCUT2D eigenvalue weighted by Crippen LogP contribution is 2.33. The molecule has 0 unspecified atom stereocenters. The Kier molecular flexibility index (Phi) is 4.22. The average molecular weight is 399 g/mol. The molecule has 8 heteroatoms. The van der Waals surface area contributed by atoms with E-state index >= 15 is 0 Å². The monoisotopic (exact) mass is 399 g/mol. The Morgan fingerprint density at radius 3 is 2.68 bits per heavy atom. The third-order valence-electron chi connectivity index (χ3n) is 5.62. The summed E-state index contributed by atoms with van der Waals surface area (Å²) in [5, 5.41) is 6.00. The van der Waals surface area contributed by atoms with Gasteiger partial charge in [0.15, 0.2) is 5.79 Å². The second kappa shape index (κ2) is 6.65. The minimum atomic E-state index is -0.517. The lowest BCUT2D eigenvalue weighted by molar-refractivity contribution is -0.187. The van der Waals surface area contributed by atoms with E-state index in [9.17, 15) is 9.59 Å². The van der Waals surface area contributed by atoms with Gasteiger partial charge in [-0.25, -0.2) is 4.68 Å². The van der Waals surface area contributed by atoms with Gasteiger partial charge in [0.2, 0.25) is 5.91 Å². The second-order valence-electron chi connectivity index (χ2n) is 7.34. The van der Waals surface area contributed by atoms with E-state index in [1.165, 1.54) is 4.68 Å². The average Bonchev–Trinajstić information content (AvgIpc) is 3.31. The summed E-state index contributed by atoms with van der Waals surface area (Å²) in [6, 6.07) is 7.84. The number of carbonyl (C=O) groups is 1. The van der Waals surface area contributed by atoms with Crippen LogP contribution in [0.1, 0.15) is 18.5 Å². The molecular weight excluding hydrogens is 378 g/mol. The van der Waals surface area contributed by atoms with E-state index in [1.807, 2.05) is 31.2 Å². The number of likely N-dealkylation sites (tertiary alicyclic amines) is 1. The van der Waals surface area contributed by atoms with Crippen molar-refractivity contribution >= 4 is 37.4 Å². The molecule has 2 saturated heterocycles. The van der Waals surface area contributed by atoms with Gasteiger partial charge in [-0.05, 0) is 13.0 Å². The Morgan fingerprint density at radius 1 is 1.21 bits per heavy atom. The molecule has 4 heterocycles. The maximum atomic E-state index is 13.1. The summed E-state index contributed by atoms with van der Waals surface area (Å²) >= 11 is 1.57. The highest BCUT2D eigenvalue weighted by atomic mass is 32.1. The van der Waals surface area contributed by atoms with Crippen molar-refractivity contribution in [3.8, 4) is 0 Å². The molecule has 0 atom stereocenters. The molecule has 2 aromatic heterocycles. The number of nitrogens with zero attached hydrogens (tertiary/aromatic N) is 3. The van der Waals surface area contributed by atoms with E-state index in [4.69, 9.17) is 9.47 Å². The van der Waals surface area contributed by atoms with Gasteiger partial charge in [0.1, 0.15) is 6.54 Å². The van der Waals surface area contributed by atoms with Gasteiger partial charge in [-0.15, -0.1) is 11.3 Å². The number of aryl methyl sites for hydroxylation is 1. The molecule has 0 bridgehead atoms. The van der Waals surface area contributed by atoms with Gasteiger partial charge in [0, 0.05) is 36.0 Å². The Labute approximate surface area is 165 Å². The molecule has 1 spiro atoms. The normalized spacial score (nSPS) is 19.1. The third-order valence-corrected chi connectivity index (χ3v) is 6.90. The van der Waals surface area contributed by atoms with Crippen LogP contribution in [0.4, 0.5) is 0 Å². The molecule has 3 aromatic rings. The van der Waals surface area contributed by atoms with Crippen molar-refractivity contribution in [1.29, 1.82) is 0 Å². The first-order valence-electron chi connectivity index (χ1n) is 9.51. The van der Waals surface area contributed by atoms with E-state index in [-0.39, 0.29) is 18.0 Å². The lowest BCUT2D eigenvalue weighted by atomic mass is 10.0. The Bertz CT molecular complexity index is 1120. The zero-order valence-corrected chi connectivity index (χ0v) is 16.5. The molecule has 0 radical (unpaired) electrons. The largest absolute Gasteiger partial charge is 0.347 e. The van der Waals surface area contributed by atoms with Crippen molar-refractivity contribution in [2.45, 2.75) is 32.1 Å². The predicted molar refractivity (Wildman–Crippen MR) is 107 cm³/mol. The van der Waals surface area contributed by atoms with Crippen LogP contribution in [0.2, 0.25) is 0 Å². The number of thiophene rings is 1. The number of rotatable bonds is 2. The number of benzene rings is 1. The molecule has 1 amide bonds. The summed E-state index contributed by atoms with van der Waals surface area (Å²) in [5.41, 5.74) is 0.566. The fourth-order valence-electron chi connectivity index (χ4n) is 4.13. The highest BCUT2D eigenvalue weighted by molar-refractivity contribution is 7.26. The molecule has 2 aliphatic heterocycles. The second-order valence-corrected chi connectivity index (χ2v) is 8.39. The lowest BCUT2D eigenvalue weighted by Gasteiger charge is -2.37. The number of ether oxygens (including phenoxy) is 2. The molecule has 146 valence electrons. The molecule has 28 heavy (non-hydrogen) atoms. The Morgan fingerprint density at radius 2 is 1.93 bits per heavy atom. The van der Waals surface area contributed by atoms with E-state index in [0.717, 1.165) is 20.5 Å². The van der Waals surface area contributed by atoms with Crippen molar-refractivity contribution < 1.29 is 14.3 Å². The zero-order valence-electron chi connectivity index (χ0n) is 15.6. The van der Waals surface area contributed by atoms with E-state index in [2.05, 4.69) is 5.10 Å². The van der Waals surface area contributed by atoms with Crippen molar-refractivity contribution in [3.05, 3.63) is 40.3 Å². The minimum absolute atomic E-state index is 0.0471. The molecule has 0 aliphatic carbocycles. The van der Waals surface area contributed by atoms with Crippen molar-refractivity contribution in [1.82, 2.24) is 14.7 Å². The Balaban J connectivity index is 1.42. The van der Waals surface area contributed by atoms with Gasteiger partial charge >= 0.3 is 0 Å². The number of hydrogen-bond acceptors (Lipinski definition) is 6.